The highest BCUT2D eigenvalue weighted by Gasteiger charge is 2.34. The summed E-state index contributed by atoms with van der Waals surface area (Å²) in [4.78, 5) is 0. The molecular weight excluding hydrogens is 268 g/mol. The molecule has 0 spiro atoms. The third-order valence-electron chi connectivity index (χ3n) is 1.54. The molecule has 1 atom stereocenters. The van der Waals surface area contributed by atoms with Gasteiger partial charge in [-0.1, -0.05) is 0 Å². The van der Waals surface area contributed by atoms with Crippen molar-refractivity contribution in [2.75, 3.05) is 12.0 Å². The molecule has 7 nitrogen and oxygen atoms in total. The molecule has 0 saturated heterocycles. The van der Waals surface area contributed by atoms with Crippen LogP contribution in [0, 0.1) is 0 Å². The van der Waals surface area contributed by atoms with Crippen molar-refractivity contribution in [3.05, 3.63) is 0 Å². The van der Waals surface area contributed by atoms with E-state index in [1.165, 1.54) is 6.26 Å². The van der Waals surface area contributed by atoms with Gasteiger partial charge in [0, 0.05) is 22.8 Å². The monoisotopic (exact) mass is 280 g/mol. The Bertz CT molecular complexity index is 388. The molecule has 0 radical (unpaired) electrons. The Balaban J connectivity index is 4.65. The topological polar surface area (TPSA) is 126 Å². The highest BCUT2D eigenvalue weighted by Crippen LogP contribution is 2.13. The normalized spacial score (nSPS) is 15.5. The second-order valence-electron chi connectivity index (χ2n) is 2.88. The van der Waals surface area contributed by atoms with Crippen molar-refractivity contribution in [2.24, 2.45) is 0 Å². The Morgan fingerprint density at radius 1 is 1.13 bits per heavy atom. The molecule has 0 aliphatic heterocycles. The molecule has 0 heterocycles. The lowest BCUT2D eigenvalue weighted by atomic mass is 10.4. The van der Waals surface area contributed by atoms with Gasteiger partial charge in [0.1, 0.15) is 0 Å². The molecule has 1 unspecified atom stereocenters. The van der Waals surface area contributed by atoms with Crippen LogP contribution in [-0.4, -0.2) is 46.7 Å². The molecule has 0 rings (SSSR count). The minimum absolute atomic E-state index is 0.00730. The van der Waals surface area contributed by atoms with Crippen LogP contribution in [0.3, 0.4) is 0 Å². The first-order chi connectivity index (χ1) is 6.55. The fourth-order valence-electron chi connectivity index (χ4n) is 0.905. The third-order valence-corrected chi connectivity index (χ3v) is 5.66. The van der Waals surface area contributed by atoms with Crippen molar-refractivity contribution >= 4 is 31.0 Å². The highest BCUT2D eigenvalue weighted by atomic mass is 32.3. The first kappa shape index (κ1) is 15.0. The quantitative estimate of drug-likeness (QED) is 0.613. The molecule has 0 aromatic rings. The summed E-state index contributed by atoms with van der Waals surface area (Å²) >= 11 is 0. The first-order valence-electron chi connectivity index (χ1n) is 3.78. The summed E-state index contributed by atoms with van der Waals surface area (Å²) in [6.07, 6.45) is 0.889. The zero-order chi connectivity index (χ0) is 12.3. The lowest BCUT2D eigenvalue weighted by Crippen LogP contribution is -2.29. The minimum atomic E-state index is -4.86. The van der Waals surface area contributed by atoms with E-state index in [-0.39, 0.29) is 12.2 Å². The van der Waals surface area contributed by atoms with E-state index in [9.17, 15) is 21.0 Å². The maximum Gasteiger partial charge on any atom is 0.284 e. The Morgan fingerprint density at radius 2 is 1.53 bits per heavy atom. The lowest BCUT2D eigenvalue weighted by molar-refractivity contribution is 0.450. The van der Waals surface area contributed by atoms with Crippen LogP contribution < -0.4 is 0 Å². The van der Waals surface area contributed by atoms with Gasteiger partial charge in [0.15, 0.2) is 0 Å². The van der Waals surface area contributed by atoms with E-state index >= 15 is 0 Å². The summed E-state index contributed by atoms with van der Waals surface area (Å²) in [7, 11) is -10.9. The lowest BCUT2D eigenvalue weighted by Gasteiger charge is -2.09. The van der Waals surface area contributed by atoms with Crippen molar-refractivity contribution < 1.29 is 30.1 Å². The summed E-state index contributed by atoms with van der Waals surface area (Å²) in [5.74, 6) is 0.0987. The van der Waals surface area contributed by atoms with Gasteiger partial charge in [0.2, 0.25) is 4.58 Å². The predicted octanol–water partition coefficient (Wildman–Crippen LogP) is -0.753. The van der Waals surface area contributed by atoms with Crippen molar-refractivity contribution in [1.29, 1.82) is 0 Å². The molecule has 15 heavy (non-hydrogen) atoms. The second kappa shape index (κ2) is 5.34. The van der Waals surface area contributed by atoms with E-state index in [1.807, 2.05) is 0 Å². The van der Waals surface area contributed by atoms with Crippen LogP contribution in [0.1, 0.15) is 12.8 Å². The molecular formula is C5H12O7S3. The molecule has 0 fully saturated rings. The van der Waals surface area contributed by atoms with Crippen LogP contribution in [0.15, 0.2) is 0 Å². The Labute approximate surface area is 90.8 Å². The van der Waals surface area contributed by atoms with Gasteiger partial charge < -0.3 is 0 Å². The van der Waals surface area contributed by atoms with Gasteiger partial charge in [-0.05, 0) is 12.8 Å². The fraction of sp³-hybridized carbons (Fsp3) is 1.00. The van der Waals surface area contributed by atoms with Crippen molar-refractivity contribution in [1.82, 2.24) is 0 Å². The van der Waals surface area contributed by atoms with E-state index in [1.54, 1.807) is 0 Å². The molecule has 92 valence electrons. The van der Waals surface area contributed by atoms with Crippen molar-refractivity contribution in [2.45, 2.75) is 17.4 Å². The fourth-order valence-corrected chi connectivity index (χ4v) is 3.64. The van der Waals surface area contributed by atoms with E-state index in [0.29, 0.717) is 0 Å². The van der Waals surface area contributed by atoms with Gasteiger partial charge in [-0.15, -0.1) is 0 Å². The Morgan fingerprint density at radius 3 is 1.80 bits per heavy atom. The van der Waals surface area contributed by atoms with Crippen LogP contribution in [0.5, 0.6) is 0 Å². The minimum Gasteiger partial charge on any atom is -0.284 e. The molecule has 0 aromatic heterocycles. The zero-order valence-corrected chi connectivity index (χ0v) is 10.3. The maximum atomic E-state index is 10.6. The molecule has 0 saturated carbocycles. The SMILES string of the molecule is CS(=O)CCCC(S(=O)(=O)O)S(=O)(=O)O. The van der Waals surface area contributed by atoms with Crippen LogP contribution in [0.4, 0.5) is 0 Å². The van der Waals surface area contributed by atoms with Crippen molar-refractivity contribution in [3.63, 3.8) is 0 Å². The predicted molar refractivity (Wildman–Crippen MR) is 55.1 cm³/mol. The highest BCUT2D eigenvalue weighted by molar-refractivity contribution is 8.03. The number of rotatable bonds is 6. The van der Waals surface area contributed by atoms with Gasteiger partial charge in [-0.2, -0.15) is 16.8 Å². The molecule has 10 heteroatoms. The van der Waals surface area contributed by atoms with Crippen LogP contribution in [0.25, 0.3) is 0 Å². The van der Waals surface area contributed by atoms with Crippen LogP contribution in [0.2, 0.25) is 0 Å². The van der Waals surface area contributed by atoms with Gasteiger partial charge in [-0.25, -0.2) is 0 Å². The summed E-state index contributed by atoms with van der Waals surface area (Å²) in [5, 5.41) is 0. The largest absolute Gasteiger partial charge is 0.284 e. The molecule has 2 N–H and O–H groups in total. The van der Waals surface area contributed by atoms with E-state index in [4.69, 9.17) is 9.11 Å². The van der Waals surface area contributed by atoms with Crippen LogP contribution in [-0.2, 0) is 31.0 Å². The molecule has 0 amide bonds. The molecule has 0 aromatic carbocycles. The average Bonchev–Trinajstić information content (AvgIpc) is 1.92. The molecule has 0 aliphatic carbocycles. The second-order valence-corrected chi connectivity index (χ2v) is 7.93. The van der Waals surface area contributed by atoms with Gasteiger partial charge in [0.25, 0.3) is 20.2 Å². The standard InChI is InChI=1S/C5H12O7S3/c1-13(6)4-2-3-5(14(7,8)9)15(10,11)12/h5H,2-4H2,1H3,(H,7,8,9)(H,10,11,12). The average molecular weight is 280 g/mol. The van der Waals surface area contributed by atoms with Gasteiger partial charge in [0.05, 0.1) is 0 Å². The van der Waals surface area contributed by atoms with E-state index < -0.39 is 42.0 Å². The van der Waals surface area contributed by atoms with Gasteiger partial charge in [-0.3, -0.25) is 13.3 Å². The van der Waals surface area contributed by atoms with Gasteiger partial charge >= 0.3 is 0 Å². The number of hydrogen-bond acceptors (Lipinski definition) is 5. The van der Waals surface area contributed by atoms with E-state index in [2.05, 4.69) is 0 Å². The van der Waals surface area contributed by atoms with E-state index in [0.717, 1.165) is 0 Å². The maximum absolute atomic E-state index is 10.6. The Kier molecular flexibility index (Phi) is 5.33. The zero-order valence-electron chi connectivity index (χ0n) is 7.86. The molecule has 0 aliphatic rings. The summed E-state index contributed by atoms with van der Waals surface area (Å²) in [5.41, 5.74) is 0. The summed E-state index contributed by atoms with van der Waals surface area (Å²) < 4.78 is 67.8. The smallest absolute Gasteiger partial charge is 0.284 e. The third kappa shape index (κ3) is 6.20. The van der Waals surface area contributed by atoms with Crippen molar-refractivity contribution in [3.8, 4) is 0 Å². The van der Waals surface area contributed by atoms with Crippen LogP contribution >= 0.6 is 0 Å². The number of hydrogen-bond donors (Lipinski definition) is 2. The molecule has 0 bridgehead atoms. The summed E-state index contributed by atoms with van der Waals surface area (Å²) in [6.45, 7) is 0. The first-order valence-corrected chi connectivity index (χ1v) is 8.51. The summed E-state index contributed by atoms with van der Waals surface area (Å²) in [6, 6.07) is 0. The Hall–Kier alpha value is -0.0300.